The highest BCUT2D eigenvalue weighted by molar-refractivity contribution is 7.11. The molecule has 0 saturated heterocycles. The molecule has 0 aliphatic carbocycles. The van der Waals surface area contributed by atoms with Crippen LogP contribution in [0.15, 0.2) is 24.4 Å². The second-order valence-electron chi connectivity index (χ2n) is 4.00. The van der Waals surface area contributed by atoms with Gasteiger partial charge in [0, 0.05) is 22.2 Å². The lowest BCUT2D eigenvalue weighted by atomic mass is 10.1. The first kappa shape index (κ1) is 12.6. The van der Waals surface area contributed by atoms with Gasteiger partial charge in [0.25, 0.3) is 5.91 Å². The standard InChI is InChI=1S/C13H14N2O2S/c1-8-6-14-12(18-8)7-15-13(17)10-4-3-5-11(16)9(10)2/h3-6,16H,7H2,1-2H3,(H,15,17). The summed E-state index contributed by atoms with van der Waals surface area (Å²) in [4.78, 5) is 17.2. The Morgan fingerprint density at radius 2 is 2.22 bits per heavy atom. The van der Waals surface area contributed by atoms with E-state index in [0.29, 0.717) is 17.7 Å². The highest BCUT2D eigenvalue weighted by atomic mass is 32.1. The maximum Gasteiger partial charge on any atom is 0.252 e. The predicted octanol–water partition coefficient (Wildman–Crippen LogP) is 2.40. The quantitative estimate of drug-likeness (QED) is 0.892. The van der Waals surface area contributed by atoms with Gasteiger partial charge in [-0.3, -0.25) is 4.79 Å². The van der Waals surface area contributed by atoms with Gasteiger partial charge in [-0.25, -0.2) is 4.98 Å². The summed E-state index contributed by atoms with van der Waals surface area (Å²) >= 11 is 1.56. The van der Waals surface area contributed by atoms with Gasteiger partial charge >= 0.3 is 0 Å². The van der Waals surface area contributed by atoms with E-state index in [2.05, 4.69) is 10.3 Å². The van der Waals surface area contributed by atoms with Crippen molar-refractivity contribution in [1.82, 2.24) is 10.3 Å². The van der Waals surface area contributed by atoms with Crippen LogP contribution in [0, 0.1) is 13.8 Å². The molecule has 5 heteroatoms. The van der Waals surface area contributed by atoms with Crippen LogP contribution < -0.4 is 5.32 Å². The summed E-state index contributed by atoms with van der Waals surface area (Å²) in [6.45, 7) is 4.10. The van der Waals surface area contributed by atoms with Crippen LogP contribution in [-0.2, 0) is 6.54 Å². The first-order valence-electron chi connectivity index (χ1n) is 5.56. The Balaban J connectivity index is 2.06. The molecule has 1 heterocycles. The number of rotatable bonds is 3. The fourth-order valence-corrected chi connectivity index (χ4v) is 2.33. The Labute approximate surface area is 109 Å². The molecule has 0 saturated carbocycles. The lowest BCUT2D eigenvalue weighted by Gasteiger charge is -2.07. The third kappa shape index (κ3) is 2.68. The Kier molecular flexibility index (Phi) is 3.62. The topological polar surface area (TPSA) is 62.2 Å². The number of aromatic hydroxyl groups is 1. The maximum absolute atomic E-state index is 12.0. The first-order chi connectivity index (χ1) is 8.58. The number of carbonyl (C=O) groups excluding carboxylic acids is 1. The van der Waals surface area contributed by atoms with E-state index < -0.39 is 0 Å². The summed E-state index contributed by atoms with van der Waals surface area (Å²) in [7, 11) is 0. The number of aromatic nitrogens is 1. The smallest absolute Gasteiger partial charge is 0.252 e. The fourth-order valence-electron chi connectivity index (χ4n) is 1.60. The molecule has 2 rings (SSSR count). The molecule has 0 fully saturated rings. The van der Waals surface area contributed by atoms with Crippen molar-refractivity contribution in [3.8, 4) is 5.75 Å². The summed E-state index contributed by atoms with van der Waals surface area (Å²) in [5.41, 5.74) is 1.08. The van der Waals surface area contributed by atoms with Crippen molar-refractivity contribution in [2.75, 3.05) is 0 Å². The molecular formula is C13H14N2O2S. The lowest BCUT2D eigenvalue weighted by Crippen LogP contribution is -2.23. The Morgan fingerprint density at radius 3 is 2.89 bits per heavy atom. The third-order valence-corrected chi connectivity index (χ3v) is 3.53. The second-order valence-corrected chi connectivity index (χ2v) is 5.32. The number of nitrogens with one attached hydrogen (secondary N) is 1. The second kappa shape index (κ2) is 5.18. The number of phenols is 1. The summed E-state index contributed by atoms with van der Waals surface area (Å²) in [6, 6.07) is 4.92. The summed E-state index contributed by atoms with van der Waals surface area (Å²) < 4.78 is 0. The summed E-state index contributed by atoms with van der Waals surface area (Å²) in [5.74, 6) is -0.0657. The van der Waals surface area contributed by atoms with Crippen LogP contribution in [0.2, 0.25) is 0 Å². The van der Waals surface area contributed by atoms with E-state index in [1.165, 1.54) is 0 Å². The number of benzene rings is 1. The summed E-state index contributed by atoms with van der Waals surface area (Å²) in [5, 5.41) is 13.2. The number of aryl methyl sites for hydroxylation is 1. The lowest BCUT2D eigenvalue weighted by molar-refractivity contribution is 0.0950. The van der Waals surface area contributed by atoms with Gasteiger partial charge in [0.15, 0.2) is 0 Å². The molecule has 18 heavy (non-hydrogen) atoms. The van der Waals surface area contributed by atoms with Crippen LogP contribution in [-0.4, -0.2) is 16.0 Å². The molecule has 4 nitrogen and oxygen atoms in total. The van der Waals surface area contributed by atoms with Gasteiger partial charge in [-0.15, -0.1) is 11.3 Å². The van der Waals surface area contributed by atoms with E-state index in [1.54, 1.807) is 42.7 Å². The molecule has 0 unspecified atom stereocenters. The molecule has 0 atom stereocenters. The van der Waals surface area contributed by atoms with Crippen LogP contribution in [0.25, 0.3) is 0 Å². The number of carbonyl (C=O) groups is 1. The monoisotopic (exact) mass is 262 g/mol. The Morgan fingerprint density at radius 1 is 1.44 bits per heavy atom. The van der Waals surface area contributed by atoms with E-state index in [-0.39, 0.29) is 11.7 Å². The van der Waals surface area contributed by atoms with Crippen LogP contribution in [0.1, 0.15) is 25.8 Å². The Hall–Kier alpha value is -1.88. The van der Waals surface area contributed by atoms with Crippen molar-refractivity contribution in [3.63, 3.8) is 0 Å². The summed E-state index contributed by atoms with van der Waals surface area (Å²) in [6.07, 6.45) is 1.78. The number of phenolic OH excluding ortho intramolecular Hbond substituents is 1. The molecule has 0 bridgehead atoms. The molecule has 0 aliphatic rings. The molecule has 1 aromatic heterocycles. The van der Waals surface area contributed by atoms with Gasteiger partial charge in [0.2, 0.25) is 0 Å². The minimum atomic E-state index is -0.198. The molecular weight excluding hydrogens is 248 g/mol. The molecule has 1 amide bonds. The number of amides is 1. The van der Waals surface area contributed by atoms with E-state index in [9.17, 15) is 9.90 Å². The largest absolute Gasteiger partial charge is 0.508 e. The number of hydrogen-bond donors (Lipinski definition) is 2. The Bertz CT molecular complexity index is 578. The molecule has 2 aromatic rings. The normalized spacial score (nSPS) is 10.3. The highest BCUT2D eigenvalue weighted by Gasteiger charge is 2.11. The van der Waals surface area contributed by atoms with Gasteiger partial charge in [-0.1, -0.05) is 6.07 Å². The first-order valence-corrected chi connectivity index (χ1v) is 6.37. The van der Waals surface area contributed by atoms with Gasteiger partial charge in [0.05, 0.1) is 6.54 Å². The van der Waals surface area contributed by atoms with Crippen LogP contribution in [0.4, 0.5) is 0 Å². The van der Waals surface area contributed by atoms with Crippen molar-refractivity contribution in [2.45, 2.75) is 20.4 Å². The molecule has 1 aromatic carbocycles. The SMILES string of the molecule is Cc1cnc(CNC(=O)c2cccc(O)c2C)s1. The fraction of sp³-hybridized carbons (Fsp3) is 0.231. The van der Waals surface area contributed by atoms with Crippen molar-refractivity contribution in [2.24, 2.45) is 0 Å². The van der Waals surface area contributed by atoms with E-state index in [0.717, 1.165) is 9.88 Å². The molecule has 0 spiro atoms. The molecule has 94 valence electrons. The minimum Gasteiger partial charge on any atom is -0.508 e. The average molecular weight is 262 g/mol. The van der Waals surface area contributed by atoms with Crippen molar-refractivity contribution in [1.29, 1.82) is 0 Å². The predicted molar refractivity (Wildman–Crippen MR) is 70.9 cm³/mol. The van der Waals surface area contributed by atoms with Crippen molar-refractivity contribution >= 4 is 17.2 Å². The van der Waals surface area contributed by atoms with E-state index in [1.807, 2.05) is 6.92 Å². The van der Waals surface area contributed by atoms with Gasteiger partial charge in [-0.05, 0) is 26.0 Å². The van der Waals surface area contributed by atoms with E-state index in [4.69, 9.17) is 0 Å². The highest BCUT2D eigenvalue weighted by Crippen LogP contribution is 2.19. The van der Waals surface area contributed by atoms with Crippen LogP contribution in [0.3, 0.4) is 0 Å². The number of thiazole rings is 1. The number of hydrogen-bond acceptors (Lipinski definition) is 4. The zero-order chi connectivity index (χ0) is 13.1. The van der Waals surface area contributed by atoms with Crippen molar-refractivity contribution in [3.05, 3.63) is 45.4 Å². The van der Waals surface area contributed by atoms with Gasteiger partial charge < -0.3 is 10.4 Å². The third-order valence-electron chi connectivity index (χ3n) is 2.62. The minimum absolute atomic E-state index is 0.132. The van der Waals surface area contributed by atoms with Gasteiger partial charge in [-0.2, -0.15) is 0 Å². The van der Waals surface area contributed by atoms with Gasteiger partial charge in [0.1, 0.15) is 10.8 Å². The average Bonchev–Trinajstić information content (AvgIpc) is 2.76. The molecule has 0 radical (unpaired) electrons. The van der Waals surface area contributed by atoms with E-state index >= 15 is 0 Å². The molecule has 2 N–H and O–H groups in total. The zero-order valence-corrected chi connectivity index (χ0v) is 11.0. The maximum atomic E-state index is 12.0. The molecule has 0 aliphatic heterocycles. The van der Waals surface area contributed by atoms with Crippen molar-refractivity contribution < 1.29 is 9.90 Å². The van der Waals surface area contributed by atoms with Crippen LogP contribution in [0.5, 0.6) is 5.75 Å². The number of nitrogens with zero attached hydrogens (tertiary/aromatic N) is 1. The zero-order valence-electron chi connectivity index (χ0n) is 10.2. The van der Waals surface area contributed by atoms with Crippen LogP contribution >= 0.6 is 11.3 Å².